The SMILES string of the molecule is N#Cc1ccc(N2CCC2)c(F)c1. The largest absolute Gasteiger partial charge is 0.369 e. The van der Waals surface area contributed by atoms with E-state index in [2.05, 4.69) is 0 Å². The van der Waals surface area contributed by atoms with Gasteiger partial charge in [0.1, 0.15) is 5.82 Å². The van der Waals surface area contributed by atoms with Crippen molar-refractivity contribution in [1.29, 1.82) is 5.26 Å². The summed E-state index contributed by atoms with van der Waals surface area (Å²) in [4.78, 5) is 1.97. The van der Waals surface area contributed by atoms with Crippen LogP contribution in [-0.4, -0.2) is 13.1 Å². The summed E-state index contributed by atoms with van der Waals surface area (Å²) in [5.41, 5.74) is 0.993. The van der Waals surface area contributed by atoms with Gasteiger partial charge >= 0.3 is 0 Å². The lowest BCUT2D eigenvalue weighted by atomic mass is 10.1. The lowest BCUT2D eigenvalue weighted by Gasteiger charge is -2.33. The van der Waals surface area contributed by atoms with Crippen LogP contribution in [-0.2, 0) is 0 Å². The first-order valence-electron chi connectivity index (χ1n) is 4.26. The van der Waals surface area contributed by atoms with Crippen molar-refractivity contribution < 1.29 is 4.39 Å². The highest BCUT2D eigenvalue weighted by molar-refractivity contribution is 5.52. The van der Waals surface area contributed by atoms with Gasteiger partial charge in [0.15, 0.2) is 0 Å². The zero-order valence-electron chi connectivity index (χ0n) is 7.13. The summed E-state index contributed by atoms with van der Waals surface area (Å²) < 4.78 is 13.3. The monoisotopic (exact) mass is 176 g/mol. The molecule has 2 rings (SSSR count). The van der Waals surface area contributed by atoms with Crippen molar-refractivity contribution in [2.75, 3.05) is 18.0 Å². The molecule has 0 bridgehead atoms. The predicted molar refractivity (Wildman–Crippen MR) is 47.9 cm³/mol. The van der Waals surface area contributed by atoms with Crippen molar-refractivity contribution in [2.24, 2.45) is 0 Å². The van der Waals surface area contributed by atoms with Crippen molar-refractivity contribution in [3.8, 4) is 6.07 Å². The topological polar surface area (TPSA) is 27.0 Å². The smallest absolute Gasteiger partial charge is 0.147 e. The van der Waals surface area contributed by atoms with E-state index >= 15 is 0 Å². The molecule has 1 saturated heterocycles. The van der Waals surface area contributed by atoms with Gasteiger partial charge in [0.05, 0.1) is 17.3 Å². The molecular weight excluding hydrogens is 167 g/mol. The quantitative estimate of drug-likeness (QED) is 0.653. The summed E-state index contributed by atoms with van der Waals surface area (Å²) in [7, 11) is 0. The second kappa shape index (κ2) is 3.06. The zero-order chi connectivity index (χ0) is 9.26. The molecule has 0 unspecified atom stereocenters. The summed E-state index contributed by atoms with van der Waals surface area (Å²) in [6.07, 6.45) is 1.12. The Bertz CT molecular complexity index is 364. The van der Waals surface area contributed by atoms with Gasteiger partial charge in [-0.3, -0.25) is 0 Å². The standard InChI is InChI=1S/C10H9FN2/c11-9-6-8(7-12)2-3-10(9)13-4-1-5-13/h2-3,6H,1,4-5H2. The maximum atomic E-state index is 13.3. The molecule has 1 fully saturated rings. The minimum atomic E-state index is -0.293. The number of hydrogen-bond acceptors (Lipinski definition) is 2. The van der Waals surface area contributed by atoms with Crippen LogP contribution < -0.4 is 4.90 Å². The molecule has 2 nitrogen and oxygen atoms in total. The highest BCUT2D eigenvalue weighted by atomic mass is 19.1. The zero-order valence-corrected chi connectivity index (χ0v) is 7.13. The van der Waals surface area contributed by atoms with Crippen molar-refractivity contribution >= 4 is 5.69 Å². The molecule has 0 atom stereocenters. The van der Waals surface area contributed by atoms with Crippen LogP contribution in [0.1, 0.15) is 12.0 Å². The van der Waals surface area contributed by atoms with Gasteiger partial charge in [-0.1, -0.05) is 0 Å². The van der Waals surface area contributed by atoms with Crippen LogP contribution in [0.2, 0.25) is 0 Å². The molecule has 1 aromatic carbocycles. The van der Waals surface area contributed by atoms with Gasteiger partial charge in [0, 0.05) is 13.1 Å². The molecule has 0 amide bonds. The van der Waals surface area contributed by atoms with Crippen molar-refractivity contribution in [2.45, 2.75) is 6.42 Å². The van der Waals surface area contributed by atoms with Gasteiger partial charge in [-0.2, -0.15) is 5.26 Å². The van der Waals surface area contributed by atoms with E-state index in [0.717, 1.165) is 19.5 Å². The summed E-state index contributed by atoms with van der Waals surface area (Å²) in [6, 6.07) is 6.52. The fraction of sp³-hybridized carbons (Fsp3) is 0.300. The van der Waals surface area contributed by atoms with Crippen LogP contribution in [0.15, 0.2) is 18.2 Å². The molecule has 1 aliphatic rings. The van der Waals surface area contributed by atoms with Crippen LogP contribution in [0, 0.1) is 17.1 Å². The second-order valence-electron chi connectivity index (χ2n) is 3.12. The molecule has 0 aromatic heterocycles. The minimum Gasteiger partial charge on any atom is -0.369 e. The van der Waals surface area contributed by atoms with E-state index in [1.165, 1.54) is 6.07 Å². The fourth-order valence-corrected chi connectivity index (χ4v) is 1.39. The molecule has 0 aliphatic carbocycles. The first-order valence-corrected chi connectivity index (χ1v) is 4.26. The summed E-state index contributed by atoms with van der Waals surface area (Å²) >= 11 is 0. The van der Waals surface area contributed by atoms with Gasteiger partial charge in [-0.05, 0) is 24.6 Å². The van der Waals surface area contributed by atoms with Crippen LogP contribution in [0.4, 0.5) is 10.1 Å². The Labute approximate surface area is 76.2 Å². The van der Waals surface area contributed by atoms with Gasteiger partial charge < -0.3 is 4.90 Å². The number of benzene rings is 1. The number of rotatable bonds is 1. The molecule has 0 spiro atoms. The molecular formula is C10H9FN2. The molecule has 0 saturated carbocycles. The van der Waals surface area contributed by atoms with E-state index in [9.17, 15) is 4.39 Å². The Morgan fingerprint density at radius 2 is 2.15 bits per heavy atom. The highest BCUT2D eigenvalue weighted by Crippen LogP contribution is 2.24. The molecule has 13 heavy (non-hydrogen) atoms. The number of hydrogen-bond donors (Lipinski definition) is 0. The van der Waals surface area contributed by atoms with E-state index in [1.807, 2.05) is 11.0 Å². The highest BCUT2D eigenvalue weighted by Gasteiger charge is 2.17. The predicted octanol–water partition coefficient (Wildman–Crippen LogP) is 1.91. The normalized spacial score (nSPS) is 14.9. The van der Waals surface area contributed by atoms with Crippen LogP contribution in [0.3, 0.4) is 0 Å². The fourth-order valence-electron chi connectivity index (χ4n) is 1.39. The number of halogens is 1. The lowest BCUT2D eigenvalue weighted by Crippen LogP contribution is -2.37. The second-order valence-corrected chi connectivity index (χ2v) is 3.12. The Hall–Kier alpha value is -1.56. The average Bonchev–Trinajstić information content (AvgIpc) is 2.05. The summed E-state index contributed by atoms with van der Waals surface area (Å²) in [5, 5.41) is 8.53. The average molecular weight is 176 g/mol. The summed E-state index contributed by atoms with van der Waals surface area (Å²) in [5.74, 6) is -0.293. The third kappa shape index (κ3) is 1.35. The molecule has 66 valence electrons. The van der Waals surface area contributed by atoms with Crippen molar-refractivity contribution in [1.82, 2.24) is 0 Å². The van der Waals surface area contributed by atoms with Crippen molar-refractivity contribution in [3.05, 3.63) is 29.6 Å². The lowest BCUT2D eigenvalue weighted by molar-refractivity contribution is 0.573. The van der Waals surface area contributed by atoms with Gasteiger partial charge in [-0.25, -0.2) is 4.39 Å². The minimum absolute atomic E-state index is 0.293. The van der Waals surface area contributed by atoms with Gasteiger partial charge in [0.2, 0.25) is 0 Å². The Morgan fingerprint density at radius 3 is 2.62 bits per heavy atom. The Balaban J connectivity index is 2.32. The maximum Gasteiger partial charge on any atom is 0.147 e. The first kappa shape index (κ1) is 8.06. The molecule has 1 aliphatic heterocycles. The molecule has 0 N–H and O–H groups in total. The van der Waals surface area contributed by atoms with Crippen LogP contribution in [0.25, 0.3) is 0 Å². The van der Waals surface area contributed by atoms with Gasteiger partial charge in [0.25, 0.3) is 0 Å². The van der Waals surface area contributed by atoms with Gasteiger partial charge in [-0.15, -0.1) is 0 Å². The number of nitrogens with zero attached hydrogens (tertiary/aromatic N) is 2. The van der Waals surface area contributed by atoms with E-state index in [1.54, 1.807) is 12.1 Å². The van der Waals surface area contributed by atoms with E-state index in [0.29, 0.717) is 11.3 Å². The summed E-state index contributed by atoms with van der Waals surface area (Å²) in [6.45, 7) is 1.84. The molecule has 3 heteroatoms. The van der Waals surface area contributed by atoms with E-state index in [4.69, 9.17) is 5.26 Å². The molecule has 1 heterocycles. The van der Waals surface area contributed by atoms with E-state index in [-0.39, 0.29) is 5.82 Å². The first-order chi connectivity index (χ1) is 6.31. The Morgan fingerprint density at radius 1 is 1.38 bits per heavy atom. The third-order valence-corrected chi connectivity index (χ3v) is 2.27. The molecule has 0 radical (unpaired) electrons. The van der Waals surface area contributed by atoms with E-state index < -0.39 is 0 Å². The Kier molecular flexibility index (Phi) is 1.90. The van der Waals surface area contributed by atoms with Crippen LogP contribution >= 0.6 is 0 Å². The number of nitriles is 1. The maximum absolute atomic E-state index is 13.3. The number of anilines is 1. The van der Waals surface area contributed by atoms with Crippen LogP contribution in [0.5, 0.6) is 0 Å². The third-order valence-electron chi connectivity index (χ3n) is 2.27. The van der Waals surface area contributed by atoms with Crippen molar-refractivity contribution in [3.63, 3.8) is 0 Å². The molecule has 1 aromatic rings.